The van der Waals surface area contributed by atoms with E-state index < -0.39 is 11.7 Å². The molecule has 0 atom stereocenters. The first-order valence-electron chi connectivity index (χ1n) is 6.84. The highest BCUT2D eigenvalue weighted by Crippen LogP contribution is 2.01. The minimum atomic E-state index is -0.619. The normalized spacial score (nSPS) is 10.4. The Labute approximate surface area is 124 Å². The second-order valence-corrected chi connectivity index (χ2v) is 4.54. The van der Waals surface area contributed by atoms with E-state index in [1.54, 1.807) is 6.08 Å². The predicted octanol–water partition coefficient (Wildman–Crippen LogP) is 1.25. The van der Waals surface area contributed by atoms with Crippen LogP contribution in [0.3, 0.4) is 0 Å². The van der Waals surface area contributed by atoms with Gasteiger partial charge in [-0.05, 0) is 18.6 Å². The van der Waals surface area contributed by atoms with E-state index in [0.29, 0.717) is 6.54 Å². The van der Waals surface area contributed by atoms with E-state index in [-0.39, 0.29) is 18.9 Å². The molecule has 1 N–H and O–H groups in total. The Bertz CT molecular complexity index is 524. The number of ketones is 1. The summed E-state index contributed by atoms with van der Waals surface area (Å²) < 4.78 is 0. The van der Waals surface area contributed by atoms with Crippen molar-refractivity contribution < 1.29 is 14.4 Å². The summed E-state index contributed by atoms with van der Waals surface area (Å²) >= 11 is 0. The van der Waals surface area contributed by atoms with E-state index >= 15 is 0 Å². The van der Waals surface area contributed by atoms with Crippen LogP contribution in [0.2, 0.25) is 0 Å². The summed E-state index contributed by atoms with van der Waals surface area (Å²) in [6, 6.07) is 9.26. The predicted molar refractivity (Wildman–Crippen MR) is 81.4 cm³/mol. The third-order valence-electron chi connectivity index (χ3n) is 2.83. The lowest BCUT2D eigenvalue weighted by Crippen LogP contribution is -2.35. The first-order valence-corrected chi connectivity index (χ1v) is 6.84. The molecule has 0 saturated heterocycles. The standard InChI is InChI=1S/C16H20N2O3/c1-3-17-15(20)11-12-18(2)16(21)14(19)10-9-13-7-5-4-6-8-13/h4-10H,3,11-12H2,1-2H3,(H,17,20). The molecule has 1 aromatic carbocycles. The van der Waals surface area contributed by atoms with Gasteiger partial charge >= 0.3 is 0 Å². The number of nitrogens with zero attached hydrogens (tertiary/aromatic N) is 1. The average Bonchev–Trinajstić information content (AvgIpc) is 2.50. The molecule has 0 aliphatic rings. The molecule has 0 bridgehead atoms. The molecular formula is C16H20N2O3. The maximum Gasteiger partial charge on any atom is 0.294 e. The zero-order valence-electron chi connectivity index (χ0n) is 12.3. The Morgan fingerprint density at radius 2 is 1.86 bits per heavy atom. The van der Waals surface area contributed by atoms with Crippen LogP contribution < -0.4 is 5.32 Å². The van der Waals surface area contributed by atoms with Crippen LogP contribution in [0.1, 0.15) is 18.9 Å². The van der Waals surface area contributed by atoms with Gasteiger partial charge in [-0.1, -0.05) is 36.4 Å². The van der Waals surface area contributed by atoms with Crippen molar-refractivity contribution in [1.29, 1.82) is 0 Å². The summed E-state index contributed by atoms with van der Waals surface area (Å²) in [5.74, 6) is -1.35. The van der Waals surface area contributed by atoms with Gasteiger partial charge in [-0.2, -0.15) is 0 Å². The van der Waals surface area contributed by atoms with Gasteiger partial charge in [0.1, 0.15) is 0 Å². The highest BCUT2D eigenvalue weighted by atomic mass is 16.2. The number of hydrogen-bond acceptors (Lipinski definition) is 3. The largest absolute Gasteiger partial charge is 0.356 e. The van der Waals surface area contributed by atoms with Crippen LogP contribution in [0.15, 0.2) is 36.4 Å². The first kappa shape index (κ1) is 16.6. The van der Waals surface area contributed by atoms with Crippen molar-refractivity contribution >= 4 is 23.7 Å². The average molecular weight is 288 g/mol. The Kier molecular flexibility index (Phi) is 6.87. The van der Waals surface area contributed by atoms with Crippen LogP contribution >= 0.6 is 0 Å². The maximum absolute atomic E-state index is 11.8. The molecule has 0 radical (unpaired) electrons. The molecule has 5 heteroatoms. The van der Waals surface area contributed by atoms with Gasteiger partial charge in [0.15, 0.2) is 0 Å². The van der Waals surface area contributed by atoms with E-state index in [0.717, 1.165) is 5.56 Å². The zero-order chi connectivity index (χ0) is 15.7. The van der Waals surface area contributed by atoms with Gasteiger partial charge in [-0.25, -0.2) is 0 Å². The molecule has 2 amide bonds. The smallest absolute Gasteiger partial charge is 0.294 e. The minimum Gasteiger partial charge on any atom is -0.356 e. The molecule has 0 unspecified atom stereocenters. The summed E-state index contributed by atoms with van der Waals surface area (Å²) in [6.45, 7) is 2.59. The molecule has 1 aromatic rings. The van der Waals surface area contributed by atoms with E-state index in [9.17, 15) is 14.4 Å². The van der Waals surface area contributed by atoms with Gasteiger partial charge in [0, 0.05) is 26.6 Å². The van der Waals surface area contributed by atoms with E-state index in [1.807, 2.05) is 37.3 Å². The van der Waals surface area contributed by atoms with Crippen LogP contribution in [-0.4, -0.2) is 42.6 Å². The molecule has 0 spiro atoms. The molecular weight excluding hydrogens is 268 g/mol. The molecule has 0 aromatic heterocycles. The third kappa shape index (κ3) is 6.03. The van der Waals surface area contributed by atoms with Crippen molar-refractivity contribution in [3.05, 3.63) is 42.0 Å². The minimum absolute atomic E-state index is 0.135. The molecule has 21 heavy (non-hydrogen) atoms. The zero-order valence-corrected chi connectivity index (χ0v) is 12.3. The van der Waals surface area contributed by atoms with Crippen molar-refractivity contribution in [3.63, 3.8) is 0 Å². The van der Waals surface area contributed by atoms with Crippen molar-refractivity contribution in [3.8, 4) is 0 Å². The highest BCUT2D eigenvalue weighted by molar-refractivity contribution is 6.41. The number of carbonyl (C=O) groups excluding carboxylic acids is 3. The highest BCUT2D eigenvalue weighted by Gasteiger charge is 2.16. The lowest BCUT2D eigenvalue weighted by atomic mass is 10.2. The van der Waals surface area contributed by atoms with Gasteiger partial charge in [-0.15, -0.1) is 0 Å². The summed E-state index contributed by atoms with van der Waals surface area (Å²) in [7, 11) is 1.51. The lowest BCUT2D eigenvalue weighted by Gasteiger charge is -2.14. The summed E-state index contributed by atoms with van der Waals surface area (Å²) in [4.78, 5) is 36.1. The van der Waals surface area contributed by atoms with Crippen LogP contribution in [-0.2, 0) is 14.4 Å². The van der Waals surface area contributed by atoms with Crippen LogP contribution in [0.4, 0.5) is 0 Å². The molecule has 1 rings (SSSR count). The first-order chi connectivity index (χ1) is 10.0. The number of hydrogen-bond donors (Lipinski definition) is 1. The van der Waals surface area contributed by atoms with Crippen molar-refractivity contribution in [2.75, 3.05) is 20.1 Å². The second-order valence-electron chi connectivity index (χ2n) is 4.54. The molecule has 5 nitrogen and oxygen atoms in total. The molecule has 112 valence electrons. The number of nitrogens with one attached hydrogen (secondary N) is 1. The van der Waals surface area contributed by atoms with E-state index in [2.05, 4.69) is 5.32 Å². The van der Waals surface area contributed by atoms with Crippen molar-refractivity contribution in [2.24, 2.45) is 0 Å². The van der Waals surface area contributed by atoms with Gasteiger partial charge in [0.2, 0.25) is 11.7 Å². The third-order valence-corrected chi connectivity index (χ3v) is 2.83. The Morgan fingerprint density at radius 3 is 2.48 bits per heavy atom. The summed E-state index contributed by atoms with van der Waals surface area (Å²) in [5, 5.41) is 2.64. The number of likely N-dealkylation sites (N-methyl/N-ethyl adjacent to an activating group) is 1. The molecule has 0 saturated carbocycles. The maximum atomic E-state index is 11.8. The summed E-state index contributed by atoms with van der Waals surface area (Å²) in [5.41, 5.74) is 0.851. The molecule has 0 aliphatic carbocycles. The lowest BCUT2D eigenvalue weighted by molar-refractivity contribution is -0.141. The molecule has 0 fully saturated rings. The van der Waals surface area contributed by atoms with Crippen LogP contribution in [0.5, 0.6) is 0 Å². The molecule has 0 aliphatic heterocycles. The Morgan fingerprint density at radius 1 is 1.19 bits per heavy atom. The van der Waals surface area contributed by atoms with Crippen LogP contribution in [0.25, 0.3) is 6.08 Å². The summed E-state index contributed by atoms with van der Waals surface area (Å²) in [6.07, 6.45) is 3.03. The fourth-order valence-corrected chi connectivity index (χ4v) is 1.65. The fourth-order valence-electron chi connectivity index (χ4n) is 1.65. The van der Waals surface area contributed by atoms with Crippen molar-refractivity contribution in [2.45, 2.75) is 13.3 Å². The van der Waals surface area contributed by atoms with Gasteiger partial charge in [0.25, 0.3) is 5.91 Å². The second kappa shape index (κ2) is 8.68. The topological polar surface area (TPSA) is 66.5 Å². The number of rotatable bonds is 7. The van der Waals surface area contributed by atoms with E-state index in [1.165, 1.54) is 18.0 Å². The SMILES string of the molecule is CCNC(=O)CCN(C)C(=O)C(=O)C=Cc1ccccc1. The number of amides is 2. The van der Waals surface area contributed by atoms with E-state index in [4.69, 9.17) is 0 Å². The Balaban J connectivity index is 2.48. The van der Waals surface area contributed by atoms with Crippen molar-refractivity contribution in [1.82, 2.24) is 10.2 Å². The quantitative estimate of drug-likeness (QED) is 0.606. The van der Waals surface area contributed by atoms with Gasteiger partial charge in [-0.3, -0.25) is 14.4 Å². The fraction of sp³-hybridized carbons (Fsp3) is 0.312. The van der Waals surface area contributed by atoms with Gasteiger partial charge < -0.3 is 10.2 Å². The van der Waals surface area contributed by atoms with Gasteiger partial charge in [0.05, 0.1) is 0 Å². The molecule has 0 heterocycles. The van der Waals surface area contributed by atoms with Crippen LogP contribution in [0, 0.1) is 0 Å². The Hall–Kier alpha value is -2.43. The number of benzene rings is 1. The number of carbonyl (C=O) groups is 3. The monoisotopic (exact) mass is 288 g/mol.